The van der Waals surface area contributed by atoms with Crippen molar-refractivity contribution >= 4 is 29.1 Å². The zero-order valence-corrected chi connectivity index (χ0v) is 11.2. The van der Waals surface area contributed by atoms with Crippen molar-refractivity contribution in [2.75, 3.05) is 0 Å². The van der Waals surface area contributed by atoms with Gasteiger partial charge in [0.2, 0.25) is 0 Å². The van der Waals surface area contributed by atoms with Crippen LogP contribution < -0.4 is 5.32 Å². The highest BCUT2D eigenvalue weighted by atomic mass is 35.5. The number of pyridine rings is 1. The summed E-state index contributed by atoms with van der Waals surface area (Å²) in [6, 6.07) is 8.15. The normalized spacial score (nSPS) is 10.3. The van der Waals surface area contributed by atoms with Crippen molar-refractivity contribution in [3.05, 3.63) is 63.6 Å². The van der Waals surface area contributed by atoms with Gasteiger partial charge in [-0.3, -0.25) is 4.79 Å². The van der Waals surface area contributed by atoms with E-state index < -0.39 is 11.7 Å². The first-order valence-corrected chi connectivity index (χ1v) is 6.16. The molecule has 1 heterocycles. The molecule has 0 atom stereocenters. The number of rotatable bonds is 3. The summed E-state index contributed by atoms with van der Waals surface area (Å²) >= 11 is 11.7. The first kappa shape index (κ1) is 13.8. The second-order valence-corrected chi connectivity index (χ2v) is 4.53. The van der Waals surface area contributed by atoms with Gasteiger partial charge in [-0.1, -0.05) is 41.4 Å². The molecule has 0 spiro atoms. The van der Waals surface area contributed by atoms with Crippen LogP contribution in [0.3, 0.4) is 0 Å². The highest BCUT2D eigenvalue weighted by molar-refractivity contribution is 6.32. The van der Waals surface area contributed by atoms with Gasteiger partial charge in [0.25, 0.3) is 5.91 Å². The van der Waals surface area contributed by atoms with E-state index in [2.05, 4.69) is 10.3 Å². The molecule has 0 fully saturated rings. The number of nitrogens with one attached hydrogen (secondary N) is 1. The molecule has 0 aliphatic heterocycles. The van der Waals surface area contributed by atoms with Crippen LogP contribution in [0, 0.1) is 5.82 Å². The van der Waals surface area contributed by atoms with Crippen molar-refractivity contribution in [3.8, 4) is 0 Å². The van der Waals surface area contributed by atoms with E-state index in [1.54, 1.807) is 18.2 Å². The highest BCUT2D eigenvalue weighted by Crippen LogP contribution is 2.16. The van der Waals surface area contributed by atoms with Crippen molar-refractivity contribution in [3.63, 3.8) is 0 Å². The number of benzene rings is 1. The molecule has 0 aliphatic carbocycles. The van der Waals surface area contributed by atoms with Crippen molar-refractivity contribution in [1.82, 2.24) is 10.3 Å². The molecule has 0 radical (unpaired) electrons. The number of carbonyl (C=O) groups excluding carboxylic acids is 1. The van der Waals surface area contributed by atoms with Crippen LogP contribution in [0.15, 0.2) is 36.5 Å². The molecular weight excluding hydrogens is 290 g/mol. The van der Waals surface area contributed by atoms with E-state index >= 15 is 0 Å². The Morgan fingerprint density at radius 2 is 2.05 bits per heavy atom. The van der Waals surface area contributed by atoms with Crippen molar-refractivity contribution in [2.24, 2.45) is 0 Å². The van der Waals surface area contributed by atoms with Crippen LogP contribution in [0.2, 0.25) is 10.2 Å². The molecule has 0 saturated heterocycles. The van der Waals surface area contributed by atoms with E-state index in [1.807, 2.05) is 6.07 Å². The number of hydrogen-bond acceptors (Lipinski definition) is 2. The summed E-state index contributed by atoms with van der Waals surface area (Å²) in [4.78, 5) is 15.4. The Labute approximate surface area is 119 Å². The average Bonchev–Trinajstić information content (AvgIpc) is 2.40. The minimum Gasteiger partial charge on any atom is -0.348 e. The molecule has 2 aromatic rings. The Morgan fingerprint density at radius 1 is 1.32 bits per heavy atom. The molecule has 0 unspecified atom stereocenters. The third-order valence-corrected chi connectivity index (χ3v) is 3.12. The minimum absolute atomic E-state index is 0.00581. The third-order valence-electron chi connectivity index (χ3n) is 2.45. The lowest BCUT2D eigenvalue weighted by molar-refractivity contribution is 0.0950. The molecule has 98 valence electrons. The van der Waals surface area contributed by atoms with E-state index in [9.17, 15) is 9.18 Å². The lowest BCUT2D eigenvalue weighted by Gasteiger charge is -2.07. The zero-order chi connectivity index (χ0) is 13.8. The second kappa shape index (κ2) is 5.99. The molecular formula is C13H9Cl2FN2O. The molecule has 6 heteroatoms. The van der Waals surface area contributed by atoms with Gasteiger partial charge >= 0.3 is 0 Å². The smallest absolute Gasteiger partial charge is 0.254 e. The largest absolute Gasteiger partial charge is 0.348 e. The zero-order valence-electron chi connectivity index (χ0n) is 9.66. The van der Waals surface area contributed by atoms with Gasteiger partial charge in [-0.05, 0) is 17.7 Å². The Kier molecular flexibility index (Phi) is 4.35. The number of aromatic nitrogens is 1. The van der Waals surface area contributed by atoms with Gasteiger partial charge in [0.15, 0.2) is 0 Å². The molecule has 1 N–H and O–H groups in total. The second-order valence-electron chi connectivity index (χ2n) is 3.77. The topological polar surface area (TPSA) is 42.0 Å². The van der Waals surface area contributed by atoms with Crippen molar-refractivity contribution in [1.29, 1.82) is 0 Å². The molecule has 0 aliphatic rings. The summed E-state index contributed by atoms with van der Waals surface area (Å²) in [5, 5.41) is 3.11. The summed E-state index contributed by atoms with van der Waals surface area (Å²) in [5.74, 6) is -1.12. The third kappa shape index (κ3) is 3.43. The number of amides is 1. The van der Waals surface area contributed by atoms with E-state index in [1.165, 1.54) is 0 Å². The fourth-order valence-electron chi connectivity index (χ4n) is 1.49. The van der Waals surface area contributed by atoms with Gasteiger partial charge in [-0.2, -0.15) is 0 Å². The SMILES string of the molecule is O=C(NCc1ccccc1Cl)c1cc(F)cnc1Cl. The summed E-state index contributed by atoms with van der Waals surface area (Å²) in [5.41, 5.74) is 0.756. The Morgan fingerprint density at radius 3 is 2.79 bits per heavy atom. The van der Waals surface area contributed by atoms with Gasteiger partial charge in [0, 0.05) is 11.6 Å². The van der Waals surface area contributed by atoms with Crippen LogP contribution in [-0.2, 0) is 6.54 Å². The summed E-state index contributed by atoms with van der Waals surface area (Å²) in [6.07, 6.45) is 0.952. The number of nitrogens with zero attached hydrogens (tertiary/aromatic N) is 1. The summed E-state index contributed by atoms with van der Waals surface area (Å²) in [6.45, 7) is 0.228. The quantitative estimate of drug-likeness (QED) is 0.882. The Hall–Kier alpha value is -1.65. The van der Waals surface area contributed by atoms with Crippen LogP contribution in [-0.4, -0.2) is 10.9 Å². The maximum absolute atomic E-state index is 13.0. The number of halogens is 3. The van der Waals surface area contributed by atoms with Gasteiger partial charge in [0.05, 0.1) is 11.8 Å². The van der Waals surface area contributed by atoms with Gasteiger partial charge < -0.3 is 5.32 Å². The maximum Gasteiger partial charge on any atom is 0.254 e. The number of hydrogen-bond donors (Lipinski definition) is 1. The van der Waals surface area contributed by atoms with E-state index in [0.717, 1.165) is 17.8 Å². The standard InChI is InChI=1S/C13H9Cl2FN2O/c14-11-4-2-1-3-8(11)6-18-13(19)10-5-9(16)7-17-12(10)15/h1-5,7H,6H2,(H,18,19). The lowest BCUT2D eigenvalue weighted by Crippen LogP contribution is -2.23. The molecule has 1 aromatic carbocycles. The molecule has 0 saturated carbocycles. The first-order valence-electron chi connectivity index (χ1n) is 5.40. The monoisotopic (exact) mass is 298 g/mol. The maximum atomic E-state index is 13.0. The first-order chi connectivity index (χ1) is 9.08. The van der Waals surface area contributed by atoms with Crippen LogP contribution in [0.4, 0.5) is 4.39 Å². The van der Waals surface area contributed by atoms with E-state index in [-0.39, 0.29) is 17.3 Å². The molecule has 1 aromatic heterocycles. The molecule has 0 bridgehead atoms. The summed E-state index contributed by atoms with van der Waals surface area (Å²) in [7, 11) is 0. The molecule has 2 rings (SSSR count). The predicted octanol–water partition coefficient (Wildman–Crippen LogP) is 3.46. The fourth-order valence-corrected chi connectivity index (χ4v) is 1.89. The molecule has 19 heavy (non-hydrogen) atoms. The van der Waals surface area contributed by atoms with Gasteiger partial charge in [0.1, 0.15) is 11.0 Å². The van der Waals surface area contributed by atoms with Crippen LogP contribution in [0.25, 0.3) is 0 Å². The van der Waals surface area contributed by atoms with Gasteiger partial charge in [-0.15, -0.1) is 0 Å². The Bertz CT molecular complexity index is 619. The Balaban J connectivity index is 2.10. The van der Waals surface area contributed by atoms with Crippen LogP contribution >= 0.6 is 23.2 Å². The minimum atomic E-state index is -0.618. The van der Waals surface area contributed by atoms with Gasteiger partial charge in [-0.25, -0.2) is 9.37 Å². The van der Waals surface area contributed by atoms with Crippen molar-refractivity contribution < 1.29 is 9.18 Å². The summed E-state index contributed by atoms with van der Waals surface area (Å²) < 4.78 is 13.0. The van der Waals surface area contributed by atoms with Crippen LogP contribution in [0.1, 0.15) is 15.9 Å². The van der Waals surface area contributed by atoms with E-state index in [0.29, 0.717) is 5.02 Å². The lowest BCUT2D eigenvalue weighted by atomic mass is 10.2. The predicted molar refractivity (Wildman–Crippen MR) is 71.8 cm³/mol. The number of carbonyl (C=O) groups is 1. The molecule has 3 nitrogen and oxygen atoms in total. The van der Waals surface area contributed by atoms with E-state index in [4.69, 9.17) is 23.2 Å². The fraction of sp³-hybridized carbons (Fsp3) is 0.0769. The molecule has 1 amide bonds. The van der Waals surface area contributed by atoms with Crippen LogP contribution in [0.5, 0.6) is 0 Å². The average molecular weight is 299 g/mol. The van der Waals surface area contributed by atoms with Crippen molar-refractivity contribution in [2.45, 2.75) is 6.54 Å². The highest BCUT2D eigenvalue weighted by Gasteiger charge is 2.12.